The zero-order valence-electron chi connectivity index (χ0n) is 25.8. The summed E-state index contributed by atoms with van der Waals surface area (Å²) in [5.41, 5.74) is 0.0874. The van der Waals surface area contributed by atoms with E-state index >= 15 is 0 Å². The molecule has 15 atom stereocenters. The molecule has 0 aromatic rings. The normalized spacial score (nSPS) is 51.7. The van der Waals surface area contributed by atoms with Gasteiger partial charge in [-0.1, -0.05) is 39.8 Å². The van der Waals surface area contributed by atoms with E-state index in [-0.39, 0.29) is 28.4 Å². The van der Waals surface area contributed by atoms with Crippen LogP contribution in [0.4, 0.5) is 0 Å². The van der Waals surface area contributed by atoms with E-state index in [9.17, 15) is 35.4 Å². The molecule has 6 N–H and O–H groups in total. The third kappa shape index (κ3) is 5.58. The fourth-order valence-corrected chi connectivity index (χ4v) is 8.54. The Bertz CT molecular complexity index is 1090. The predicted molar refractivity (Wildman–Crippen MR) is 153 cm³/mol. The molecule has 2 saturated carbocycles. The number of hydrogen-bond donors (Lipinski definition) is 6. The molecule has 43 heavy (non-hydrogen) atoms. The van der Waals surface area contributed by atoms with E-state index < -0.39 is 79.5 Å². The number of fused-ring (bicyclic) bond motifs is 3. The van der Waals surface area contributed by atoms with Gasteiger partial charge in [-0.15, -0.1) is 6.58 Å². The molecule has 0 aromatic carbocycles. The highest BCUT2D eigenvalue weighted by atomic mass is 16.8. The van der Waals surface area contributed by atoms with Gasteiger partial charge in [-0.05, 0) is 60.8 Å². The van der Waals surface area contributed by atoms with Crippen molar-refractivity contribution in [1.29, 1.82) is 0 Å². The molecule has 1 unspecified atom stereocenters. The molecule has 0 bridgehead atoms. The summed E-state index contributed by atoms with van der Waals surface area (Å²) in [4.78, 5) is 13.6. The van der Waals surface area contributed by atoms with Crippen LogP contribution in [0.3, 0.4) is 0 Å². The minimum Gasteiger partial charge on any atom is -0.394 e. The summed E-state index contributed by atoms with van der Waals surface area (Å²) in [5.74, 6) is 0.286. The quantitative estimate of drug-likeness (QED) is 0.187. The average Bonchev–Trinajstić information content (AvgIpc) is 2.97. The minimum absolute atomic E-state index is 0.00502. The number of aliphatic hydroxyl groups excluding tert-OH is 6. The Morgan fingerprint density at radius 1 is 0.930 bits per heavy atom. The lowest BCUT2D eigenvalue weighted by Crippen LogP contribution is -2.65. The van der Waals surface area contributed by atoms with E-state index in [4.69, 9.17) is 18.9 Å². The summed E-state index contributed by atoms with van der Waals surface area (Å²) in [7, 11) is 0. The third-order valence-electron chi connectivity index (χ3n) is 11.5. The zero-order valence-corrected chi connectivity index (χ0v) is 25.8. The van der Waals surface area contributed by atoms with E-state index in [1.165, 1.54) is 6.92 Å². The van der Waals surface area contributed by atoms with Crippen LogP contribution >= 0.6 is 0 Å². The smallest absolute Gasteiger partial charge is 0.187 e. The molecule has 11 heteroatoms. The number of aliphatic hydroxyl groups is 6. The second-order valence-corrected chi connectivity index (χ2v) is 14.6. The number of ether oxygens (including phenoxy) is 4. The molecule has 0 aromatic heterocycles. The zero-order chi connectivity index (χ0) is 31.6. The van der Waals surface area contributed by atoms with Gasteiger partial charge in [0.25, 0.3) is 0 Å². The molecule has 2 saturated heterocycles. The molecule has 4 fully saturated rings. The van der Waals surface area contributed by atoms with Crippen LogP contribution in [0.15, 0.2) is 24.3 Å². The first-order valence-electron chi connectivity index (χ1n) is 15.6. The monoisotopic (exact) mass is 610 g/mol. The van der Waals surface area contributed by atoms with E-state index in [0.29, 0.717) is 12.8 Å². The van der Waals surface area contributed by atoms with Gasteiger partial charge >= 0.3 is 0 Å². The van der Waals surface area contributed by atoms with Crippen LogP contribution in [0.2, 0.25) is 0 Å². The van der Waals surface area contributed by atoms with Crippen LogP contribution in [-0.2, 0) is 23.7 Å². The highest BCUT2D eigenvalue weighted by Crippen LogP contribution is 2.63. The van der Waals surface area contributed by atoms with Gasteiger partial charge in [-0.25, -0.2) is 0 Å². The largest absolute Gasteiger partial charge is 0.394 e. The molecular weight excluding hydrogens is 560 g/mol. The van der Waals surface area contributed by atoms with Crippen molar-refractivity contribution in [3.05, 3.63) is 24.3 Å². The molecule has 0 radical (unpaired) electrons. The number of rotatable bonds is 6. The number of ketones is 1. The predicted octanol–water partition coefficient (Wildman–Crippen LogP) is 0.967. The first kappa shape index (κ1) is 33.1. The Morgan fingerprint density at radius 3 is 2.28 bits per heavy atom. The summed E-state index contributed by atoms with van der Waals surface area (Å²) in [5, 5.41) is 62.5. The molecule has 0 amide bonds. The molecule has 3 aliphatic carbocycles. The fraction of sp³-hybridized carbons (Fsp3) is 0.844. The van der Waals surface area contributed by atoms with Crippen molar-refractivity contribution in [2.45, 2.75) is 134 Å². The van der Waals surface area contributed by atoms with Crippen LogP contribution in [0.1, 0.15) is 66.7 Å². The second-order valence-electron chi connectivity index (χ2n) is 14.6. The number of carbonyl (C=O) groups is 1. The first-order valence-corrected chi connectivity index (χ1v) is 15.6. The number of Topliss-reactive ketones (excluding diaryl/α,β-unsaturated/α-hetero) is 1. The highest BCUT2D eigenvalue weighted by Gasteiger charge is 2.61. The van der Waals surface area contributed by atoms with Crippen LogP contribution in [0, 0.1) is 28.1 Å². The summed E-state index contributed by atoms with van der Waals surface area (Å²) in [6.45, 7) is 13.5. The van der Waals surface area contributed by atoms with Crippen molar-refractivity contribution in [2.24, 2.45) is 28.1 Å². The molecule has 5 aliphatic rings. The maximum atomic E-state index is 13.6. The third-order valence-corrected chi connectivity index (χ3v) is 11.5. The highest BCUT2D eigenvalue weighted by molar-refractivity contribution is 5.97. The van der Waals surface area contributed by atoms with Crippen molar-refractivity contribution >= 4 is 5.78 Å². The standard InChI is InChI=1S/C32H50O11/c1-7-31(5)10-8-17-16(13-31)18(34)12-20-30(3,4)21(9-11-32(17,20)6)42-29-27(25(38)23(36)19(14-33)41-29)43-28-26(39)24(37)22(35)15(2)40-28/h7,13,15,17,19-29,33,35-39H,1,8-12,14H2,2-6H3/t15-,17+,19+,20+,21?,22-,23+,24+,25-,26+,27+,28-,29-,31+,32+/m0/s1. The Labute approximate surface area is 253 Å². The Hall–Kier alpha value is -1.25. The van der Waals surface area contributed by atoms with Crippen molar-refractivity contribution in [3.8, 4) is 0 Å². The molecule has 0 spiro atoms. The summed E-state index contributed by atoms with van der Waals surface area (Å²) in [6, 6.07) is 0. The van der Waals surface area contributed by atoms with Gasteiger partial charge < -0.3 is 49.6 Å². The van der Waals surface area contributed by atoms with Gasteiger partial charge in [-0.3, -0.25) is 4.79 Å². The van der Waals surface area contributed by atoms with Crippen LogP contribution < -0.4 is 0 Å². The SMILES string of the molecule is C=C[C@@]1(C)C=C2C(=O)C[C@@H]3C(C)(C)C(O[C@@H]4O[C@H](CO)[C@@H](O)[C@H](O)[C@H]4O[C@@H]4O[C@@H](C)[C@H](O)[C@@H](O)[C@H]4O)CC[C@]3(C)[C@@H]2CC1. The van der Waals surface area contributed by atoms with Crippen LogP contribution in [-0.4, -0.2) is 111 Å². The molecule has 244 valence electrons. The number of hydrogen-bond acceptors (Lipinski definition) is 11. The van der Waals surface area contributed by atoms with Gasteiger partial charge in [0.1, 0.15) is 42.7 Å². The Morgan fingerprint density at radius 2 is 1.63 bits per heavy atom. The van der Waals surface area contributed by atoms with Gasteiger partial charge in [-0.2, -0.15) is 0 Å². The van der Waals surface area contributed by atoms with Crippen molar-refractivity contribution < 1.29 is 54.4 Å². The summed E-state index contributed by atoms with van der Waals surface area (Å²) >= 11 is 0. The summed E-state index contributed by atoms with van der Waals surface area (Å²) < 4.78 is 24.0. The first-order chi connectivity index (χ1) is 20.1. The van der Waals surface area contributed by atoms with Crippen molar-refractivity contribution in [1.82, 2.24) is 0 Å². The molecule has 5 rings (SSSR count). The Kier molecular flexibility index (Phi) is 9.12. The van der Waals surface area contributed by atoms with Gasteiger partial charge in [0, 0.05) is 11.8 Å². The van der Waals surface area contributed by atoms with Gasteiger partial charge in [0.15, 0.2) is 18.4 Å². The number of carbonyl (C=O) groups excluding carboxylic acids is 1. The lowest BCUT2D eigenvalue weighted by molar-refractivity contribution is -0.375. The molecule has 2 aliphatic heterocycles. The lowest BCUT2D eigenvalue weighted by Gasteiger charge is -2.61. The second kappa shape index (κ2) is 11.8. The average molecular weight is 611 g/mol. The van der Waals surface area contributed by atoms with E-state index in [2.05, 4.69) is 40.3 Å². The lowest BCUT2D eigenvalue weighted by atomic mass is 9.44. The molecule has 11 nitrogen and oxygen atoms in total. The number of allylic oxidation sites excluding steroid dienone is 3. The van der Waals surface area contributed by atoms with Crippen LogP contribution in [0.5, 0.6) is 0 Å². The summed E-state index contributed by atoms with van der Waals surface area (Å²) in [6.07, 6.45) is -6.56. The maximum Gasteiger partial charge on any atom is 0.187 e. The van der Waals surface area contributed by atoms with Crippen LogP contribution in [0.25, 0.3) is 0 Å². The molecule has 2 heterocycles. The van der Waals surface area contributed by atoms with E-state index in [1.54, 1.807) is 0 Å². The topological polar surface area (TPSA) is 175 Å². The van der Waals surface area contributed by atoms with E-state index in [0.717, 1.165) is 24.8 Å². The molecular formula is C32H50O11. The Balaban J connectivity index is 1.39. The fourth-order valence-electron chi connectivity index (χ4n) is 8.54. The van der Waals surface area contributed by atoms with Gasteiger partial charge in [0.2, 0.25) is 0 Å². The van der Waals surface area contributed by atoms with Gasteiger partial charge in [0.05, 0.1) is 18.8 Å². The van der Waals surface area contributed by atoms with E-state index in [1.807, 2.05) is 6.08 Å². The maximum absolute atomic E-state index is 13.6. The van der Waals surface area contributed by atoms with Crippen molar-refractivity contribution in [2.75, 3.05) is 6.61 Å². The minimum atomic E-state index is -1.65. The van der Waals surface area contributed by atoms with Crippen molar-refractivity contribution in [3.63, 3.8) is 0 Å².